The normalized spacial score (nSPS) is 23.0. The molecule has 2 atom stereocenters. The SMILES string of the molecule is O=C(CCn1c(=O)[nH]c(=O)c2ccccc21)N1CCO[C@H]2CCC[C@H]21. The van der Waals surface area contributed by atoms with E-state index < -0.39 is 11.2 Å². The van der Waals surface area contributed by atoms with Crippen LogP contribution in [-0.2, 0) is 16.1 Å². The summed E-state index contributed by atoms with van der Waals surface area (Å²) in [7, 11) is 0. The van der Waals surface area contributed by atoms with E-state index in [2.05, 4.69) is 4.98 Å². The number of aromatic nitrogens is 2. The van der Waals surface area contributed by atoms with Gasteiger partial charge in [0.2, 0.25) is 5.91 Å². The third kappa shape index (κ3) is 2.89. The number of ether oxygens (including phenoxy) is 1. The lowest BCUT2D eigenvalue weighted by Crippen LogP contribution is -2.51. The summed E-state index contributed by atoms with van der Waals surface area (Å²) in [5.74, 6) is 0.0439. The average molecular weight is 343 g/mol. The third-order valence-corrected chi connectivity index (χ3v) is 5.26. The fraction of sp³-hybridized carbons (Fsp3) is 0.500. The molecular weight excluding hydrogens is 322 g/mol. The van der Waals surface area contributed by atoms with Crippen LogP contribution in [-0.4, -0.2) is 45.7 Å². The summed E-state index contributed by atoms with van der Waals surface area (Å²) >= 11 is 0. The summed E-state index contributed by atoms with van der Waals surface area (Å²) in [6, 6.07) is 7.12. The molecule has 1 aliphatic heterocycles. The highest BCUT2D eigenvalue weighted by Crippen LogP contribution is 2.30. The van der Waals surface area contributed by atoms with E-state index in [0.29, 0.717) is 24.1 Å². The van der Waals surface area contributed by atoms with E-state index in [9.17, 15) is 14.4 Å². The van der Waals surface area contributed by atoms with Crippen molar-refractivity contribution in [1.29, 1.82) is 0 Å². The van der Waals surface area contributed by atoms with Crippen molar-refractivity contribution in [2.45, 2.75) is 44.4 Å². The van der Waals surface area contributed by atoms with Crippen molar-refractivity contribution >= 4 is 16.8 Å². The molecule has 0 radical (unpaired) electrons. The quantitative estimate of drug-likeness (QED) is 0.896. The monoisotopic (exact) mass is 343 g/mol. The molecule has 2 fully saturated rings. The van der Waals surface area contributed by atoms with Gasteiger partial charge in [-0.25, -0.2) is 4.79 Å². The van der Waals surface area contributed by atoms with Crippen molar-refractivity contribution in [2.24, 2.45) is 0 Å². The summed E-state index contributed by atoms with van der Waals surface area (Å²) in [5, 5.41) is 0.455. The summed E-state index contributed by atoms with van der Waals surface area (Å²) in [4.78, 5) is 41.0. The number of hydrogen-bond donors (Lipinski definition) is 1. The molecule has 2 aromatic rings. The molecule has 25 heavy (non-hydrogen) atoms. The number of hydrogen-bond acceptors (Lipinski definition) is 4. The molecule has 4 rings (SSSR count). The number of benzene rings is 1. The van der Waals surface area contributed by atoms with Crippen LogP contribution in [0.3, 0.4) is 0 Å². The van der Waals surface area contributed by atoms with Gasteiger partial charge in [0.15, 0.2) is 0 Å². The Hall–Kier alpha value is -2.41. The van der Waals surface area contributed by atoms with Crippen LogP contribution >= 0.6 is 0 Å². The lowest BCUT2D eigenvalue weighted by atomic mass is 10.1. The largest absolute Gasteiger partial charge is 0.374 e. The number of aryl methyl sites for hydroxylation is 1. The average Bonchev–Trinajstić information content (AvgIpc) is 3.10. The van der Waals surface area contributed by atoms with Crippen molar-refractivity contribution in [1.82, 2.24) is 14.5 Å². The molecule has 2 heterocycles. The summed E-state index contributed by atoms with van der Waals surface area (Å²) in [6.45, 7) is 1.44. The third-order valence-electron chi connectivity index (χ3n) is 5.26. The lowest BCUT2D eigenvalue weighted by Gasteiger charge is -2.37. The molecule has 1 N–H and O–H groups in total. The van der Waals surface area contributed by atoms with Crippen molar-refractivity contribution in [3.05, 3.63) is 45.1 Å². The van der Waals surface area contributed by atoms with Gasteiger partial charge in [0.1, 0.15) is 0 Å². The van der Waals surface area contributed by atoms with Gasteiger partial charge in [0.05, 0.1) is 29.7 Å². The molecule has 1 saturated heterocycles. The maximum Gasteiger partial charge on any atom is 0.328 e. The van der Waals surface area contributed by atoms with Crippen LogP contribution in [0.2, 0.25) is 0 Å². The standard InChI is InChI=1S/C18H21N3O4/c22-16(20-10-11-25-15-7-3-6-14(15)20)8-9-21-13-5-2-1-4-12(13)17(23)19-18(21)24/h1-2,4-5,14-15H,3,6-11H2,(H,19,23,24)/t14-,15+/m1/s1. The fourth-order valence-corrected chi connectivity index (χ4v) is 4.05. The molecule has 0 unspecified atom stereocenters. The molecule has 1 saturated carbocycles. The van der Waals surface area contributed by atoms with Crippen LogP contribution in [0, 0.1) is 0 Å². The predicted molar refractivity (Wildman–Crippen MR) is 92.5 cm³/mol. The number of amides is 1. The number of nitrogens with zero attached hydrogens (tertiary/aromatic N) is 2. The Morgan fingerprint density at radius 3 is 2.96 bits per heavy atom. The molecule has 2 aliphatic rings. The van der Waals surface area contributed by atoms with Gasteiger partial charge in [-0.1, -0.05) is 12.1 Å². The smallest absolute Gasteiger partial charge is 0.328 e. The Kier molecular flexibility index (Phi) is 4.17. The van der Waals surface area contributed by atoms with E-state index in [0.717, 1.165) is 19.3 Å². The molecule has 132 valence electrons. The second-order valence-electron chi connectivity index (χ2n) is 6.67. The van der Waals surface area contributed by atoms with Gasteiger partial charge in [-0.2, -0.15) is 0 Å². The number of carbonyl (C=O) groups is 1. The molecule has 0 spiro atoms. The molecule has 7 heteroatoms. The molecule has 7 nitrogen and oxygen atoms in total. The molecule has 0 bridgehead atoms. The molecular formula is C18H21N3O4. The highest BCUT2D eigenvalue weighted by atomic mass is 16.5. The predicted octanol–water partition coefficient (Wildman–Crippen LogP) is 0.860. The topological polar surface area (TPSA) is 84.4 Å². The number of para-hydroxylation sites is 1. The van der Waals surface area contributed by atoms with Gasteiger partial charge in [-0.05, 0) is 31.4 Å². The van der Waals surface area contributed by atoms with Crippen LogP contribution in [0.5, 0.6) is 0 Å². The zero-order valence-corrected chi connectivity index (χ0v) is 13.9. The first-order chi connectivity index (χ1) is 12.1. The zero-order valence-electron chi connectivity index (χ0n) is 13.9. The van der Waals surface area contributed by atoms with Gasteiger partial charge in [-0.3, -0.25) is 19.1 Å². The fourth-order valence-electron chi connectivity index (χ4n) is 4.05. The Labute approximate surface area is 144 Å². The Bertz CT molecular complexity index is 916. The minimum Gasteiger partial charge on any atom is -0.374 e. The second kappa shape index (κ2) is 6.48. The summed E-state index contributed by atoms with van der Waals surface area (Å²) < 4.78 is 7.22. The van der Waals surface area contributed by atoms with Crippen LogP contribution in [0.1, 0.15) is 25.7 Å². The van der Waals surface area contributed by atoms with Crippen LogP contribution in [0.25, 0.3) is 10.9 Å². The first-order valence-electron chi connectivity index (χ1n) is 8.78. The van der Waals surface area contributed by atoms with E-state index in [1.807, 2.05) is 4.90 Å². The number of rotatable bonds is 3. The molecule has 1 aromatic heterocycles. The Morgan fingerprint density at radius 2 is 2.08 bits per heavy atom. The first-order valence-corrected chi connectivity index (χ1v) is 8.78. The van der Waals surface area contributed by atoms with Gasteiger partial charge < -0.3 is 9.64 Å². The number of morpholine rings is 1. The van der Waals surface area contributed by atoms with Gasteiger partial charge in [0.25, 0.3) is 5.56 Å². The van der Waals surface area contributed by atoms with Crippen molar-refractivity contribution in [2.75, 3.05) is 13.2 Å². The van der Waals surface area contributed by atoms with E-state index in [-0.39, 0.29) is 31.0 Å². The summed E-state index contributed by atoms with van der Waals surface area (Å²) in [5.41, 5.74) is -0.313. The van der Waals surface area contributed by atoms with Crippen LogP contribution in [0.15, 0.2) is 33.9 Å². The second-order valence-corrected chi connectivity index (χ2v) is 6.67. The minimum absolute atomic E-state index is 0.0439. The van der Waals surface area contributed by atoms with Gasteiger partial charge >= 0.3 is 5.69 Å². The van der Waals surface area contributed by atoms with E-state index in [4.69, 9.17) is 4.74 Å². The van der Waals surface area contributed by atoms with Gasteiger partial charge in [0, 0.05) is 19.5 Å². The van der Waals surface area contributed by atoms with Crippen molar-refractivity contribution in [3.63, 3.8) is 0 Å². The number of carbonyl (C=O) groups excluding carboxylic acids is 1. The zero-order chi connectivity index (χ0) is 17.4. The van der Waals surface area contributed by atoms with Crippen LogP contribution in [0.4, 0.5) is 0 Å². The summed E-state index contributed by atoms with van der Waals surface area (Å²) in [6.07, 6.45) is 3.48. The van der Waals surface area contributed by atoms with Crippen molar-refractivity contribution in [3.8, 4) is 0 Å². The number of aromatic amines is 1. The van der Waals surface area contributed by atoms with Crippen molar-refractivity contribution < 1.29 is 9.53 Å². The molecule has 1 aliphatic carbocycles. The lowest BCUT2D eigenvalue weighted by molar-refractivity contribution is -0.144. The first kappa shape index (κ1) is 16.1. The number of fused-ring (bicyclic) bond motifs is 2. The number of H-pyrrole nitrogens is 1. The van der Waals surface area contributed by atoms with E-state index in [1.165, 1.54) is 4.57 Å². The molecule has 1 aromatic carbocycles. The van der Waals surface area contributed by atoms with E-state index in [1.54, 1.807) is 24.3 Å². The van der Waals surface area contributed by atoms with E-state index >= 15 is 0 Å². The maximum atomic E-state index is 12.7. The Morgan fingerprint density at radius 1 is 1.24 bits per heavy atom. The van der Waals surface area contributed by atoms with Crippen LogP contribution < -0.4 is 11.2 Å². The number of nitrogens with one attached hydrogen (secondary N) is 1. The minimum atomic E-state index is -0.475. The van der Waals surface area contributed by atoms with Gasteiger partial charge in [-0.15, -0.1) is 0 Å². The molecule has 1 amide bonds. The highest BCUT2D eigenvalue weighted by molar-refractivity contribution is 5.79. The Balaban J connectivity index is 1.55. The maximum absolute atomic E-state index is 12.7. The highest BCUT2D eigenvalue weighted by Gasteiger charge is 2.38.